The number of aryl methyl sites for hydroxylation is 1. The lowest BCUT2D eigenvalue weighted by atomic mass is 10.0. The Hall–Kier alpha value is -2.89. The molecule has 0 bridgehead atoms. The topological polar surface area (TPSA) is 69.0 Å². The van der Waals surface area contributed by atoms with Crippen molar-refractivity contribution in [1.29, 1.82) is 0 Å². The Morgan fingerprint density at radius 2 is 2.04 bits per heavy atom. The summed E-state index contributed by atoms with van der Waals surface area (Å²) < 4.78 is 7.23. The maximum Gasteiger partial charge on any atom is 0.411 e. The predicted molar refractivity (Wildman–Crippen MR) is 112 cm³/mol. The fraction of sp³-hybridized carbons (Fsp3) is 0.409. The van der Waals surface area contributed by atoms with Crippen molar-refractivity contribution in [3.8, 4) is 5.69 Å². The van der Waals surface area contributed by atoms with E-state index < -0.39 is 6.09 Å². The molecule has 1 unspecified atom stereocenters. The first-order chi connectivity index (χ1) is 13.6. The van der Waals surface area contributed by atoms with Crippen LogP contribution >= 0.6 is 0 Å². The highest BCUT2D eigenvalue weighted by Gasteiger charge is 2.14. The third-order valence-corrected chi connectivity index (χ3v) is 4.95. The molecule has 6 heteroatoms. The molecule has 148 valence electrons. The van der Waals surface area contributed by atoms with E-state index >= 15 is 0 Å². The van der Waals surface area contributed by atoms with E-state index in [1.165, 1.54) is 0 Å². The molecule has 1 amide bonds. The molecule has 28 heavy (non-hydrogen) atoms. The lowest BCUT2D eigenvalue weighted by Crippen LogP contribution is -2.18. The lowest BCUT2D eigenvalue weighted by molar-refractivity contribution is 0.136. The number of fused-ring (bicyclic) bond motifs is 1. The summed E-state index contributed by atoms with van der Waals surface area (Å²) in [5, 5.41) is 8.27. The van der Waals surface area contributed by atoms with Crippen LogP contribution in [0, 0.1) is 12.8 Å². The molecular weight excluding hydrogens is 352 g/mol. The molecule has 1 aromatic carbocycles. The van der Waals surface area contributed by atoms with Gasteiger partial charge in [-0.15, -0.1) is 0 Å². The monoisotopic (exact) mass is 380 g/mol. The number of benzene rings is 1. The Bertz CT molecular complexity index is 921. The molecular formula is C22H28N4O2. The Labute approximate surface area is 165 Å². The molecule has 2 heterocycles. The van der Waals surface area contributed by atoms with Crippen molar-refractivity contribution in [2.24, 2.45) is 5.92 Å². The molecule has 0 aliphatic carbocycles. The van der Waals surface area contributed by atoms with Crippen molar-refractivity contribution in [1.82, 2.24) is 14.8 Å². The van der Waals surface area contributed by atoms with Gasteiger partial charge in [0, 0.05) is 5.39 Å². The van der Waals surface area contributed by atoms with Crippen LogP contribution in [-0.2, 0) is 4.74 Å². The van der Waals surface area contributed by atoms with Gasteiger partial charge in [0.15, 0.2) is 5.65 Å². The van der Waals surface area contributed by atoms with E-state index in [0.717, 1.165) is 48.1 Å². The average molecular weight is 380 g/mol. The zero-order chi connectivity index (χ0) is 19.9. The largest absolute Gasteiger partial charge is 0.449 e. The van der Waals surface area contributed by atoms with Gasteiger partial charge in [-0.25, -0.2) is 14.5 Å². The third-order valence-electron chi connectivity index (χ3n) is 4.95. The Morgan fingerprint density at radius 1 is 1.25 bits per heavy atom. The minimum absolute atomic E-state index is 0.414. The van der Waals surface area contributed by atoms with Crippen molar-refractivity contribution in [3.05, 3.63) is 48.3 Å². The van der Waals surface area contributed by atoms with Gasteiger partial charge in [0.05, 0.1) is 29.9 Å². The van der Waals surface area contributed by atoms with E-state index in [0.29, 0.717) is 18.2 Å². The van der Waals surface area contributed by atoms with Gasteiger partial charge >= 0.3 is 6.09 Å². The van der Waals surface area contributed by atoms with E-state index in [9.17, 15) is 4.79 Å². The molecule has 6 nitrogen and oxygen atoms in total. The molecule has 0 aliphatic heterocycles. The fourth-order valence-corrected chi connectivity index (χ4v) is 3.21. The summed E-state index contributed by atoms with van der Waals surface area (Å²) in [4.78, 5) is 16.7. The number of hydrogen-bond donors (Lipinski definition) is 1. The number of aromatic nitrogens is 3. The highest BCUT2D eigenvalue weighted by atomic mass is 16.5. The van der Waals surface area contributed by atoms with Crippen LogP contribution in [0.3, 0.4) is 0 Å². The van der Waals surface area contributed by atoms with Crippen molar-refractivity contribution in [3.63, 3.8) is 0 Å². The average Bonchev–Trinajstić information content (AvgIpc) is 3.05. The first-order valence-electron chi connectivity index (χ1n) is 9.97. The van der Waals surface area contributed by atoms with Gasteiger partial charge in [-0.3, -0.25) is 5.32 Å². The number of nitrogens with zero attached hydrogens (tertiary/aromatic N) is 3. The van der Waals surface area contributed by atoms with Gasteiger partial charge < -0.3 is 4.74 Å². The second-order valence-corrected chi connectivity index (χ2v) is 7.07. The number of nitrogens with one attached hydrogen (secondary N) is 1. The smallest absolute Gasteiger partial charge is 0.411 e. The highest BCUT2D eigenvalue weighted by molar-refractivity contribution is 5.89. The number of pyridine rings is 1. The predicted octanol–water partition coefficient (Wildman–Crippen LogP) is 5.49. The summed E-state index contributed by atoms with van der Waals surface area (Å²) in [5.74, 6) is 0.414. The van der Waals surface area contributed by atoms with Crippen molar-refractivity contribution in [2.75, 3.05) is 11.9 Å². The van der Waals surface area contributed by atoms with Crippen molar-refractivity contribution < 1.29 is 9.53 Å². The first kappa shape index (κ1) is 19.9. The summed E-state index contributed by atoms with van der Waals surface area (Å²) in [7, 11) is 0. The zero-order valence-electron chi connectivity index (χ0n) is 16.8. The van der Waals surface area contributed by atoms with E-state index in [4.69, 9.17) is 4.74 Å². The standard InChI is InChI=1S/C22H28N4O2/c1-4-6-10-17(5-2)15-28-22(27)24-18-13-20-16(3)25-26(21(20)23-14-18)19-11-8-7-9-12-19/h7-9,11-14,17H,4-6,10,15H2,1-3H3,(H,24,27). The second-order valence-electron chi connectivity index (χ2n) is 7.07. The lowest BCUT2D eigenvalue weighted by Gasteiger charge is -2.15. The molecule has 0 saturated carbocycles. The number of ether oxygens (including phenoxy) is 1. The first-order valence-corrected chi connectivity index (χ1v) is 9.97. The quantitative estimate of drug-likeness (QED) is 0.561. The normalized spacial score (nSPS) is 12.1. The SMILES string of the molecule is CCCCC(CC)COC(=O)Nc1cnc2c(c1)c(C)nn2-c1ccccc1. The van der Waals surface area contributed by atoms with Crippen LogP contribution in [0.15, 0.2) is 42.6 Å². The number of para-hydroxylation sites is 1. The Balaban J connectivity index is 1.69. The maximum absolute atomic E-state index is 12.2. The number of amides is 1. The molecule has 0 fully saturated rings. The van der Waals surface area contributed by atoms with Crippen LogP contribution in [0.5, 0.6) is 0 Å². The number of hydrogen-bond acceptors (Lipinski definition) is 4. The summed E-state index contributed by atoms with van der Waals surface area (Å²) in [6, 6.07) is 11.8. The number of unbranched alkanes of at least 4 members (excludes halogenated alkanes) is 1. The fourth-order valence-electron chi connectivity index (χ4n) is 3.21. The molecule has 0 radical (unpaired) electrons. The Kier molecular flexibility index (Phi) is 6.63. The molecule has 0 spiro atoms. The minimum Gasteiger partial charge on any atom is -0.449 e. The van der Waals surface area contributed by atoms with E-state index in [-0.39, 0.29) is 0 Å². The van der Waals surface area contributed by atoms with E-state index in [2.05, 4.69) is 29.2 Å². The summed E-state index contributed by atoms with van der Waals surface area (Å²) in [5.41, 5.74) is 3.17. The second kappa shape index (κ2) is 9.35. The van der Waals surface area contributed by atoms with Crippen LogP contribution in [0.2, 0.25) is 0 Å². The number of carbonyl (C=O) groups excluding carboxylic acids is 1. The van der Waals surface area contributed by atoms with Crippen LogP contribution in [-0.4, -0.2) is 27.5 Å². The van der Waals surface area contributed by atoms with Gasteiger partial charge in [0.2, 0.25) is 0 Å². The molecule has 2 aromatic heterocycles. The molecule has 0 saturated heterocycles. The van der Waals surface area contributed by atoms with Gasteiger partial charge in [-0.1, -0.05) is 51.3 Å². The Morgan fingerprint density at radius 3 is 2.75 bits per heavy atom. The number of carbonyl (C=O) groups is 1. The van der Waals surface area contributed by atoms with Gasteiger partial charge in [-0.05, 0) is 37.5 Å². The van der Waals surface area contributed by atoms with Gasteiger partial charge in [0.1, 0.15) is 0 Å². The molecule has 3 rings (SSSR count). The number of anilines is 1. The molecule has 1 N–H and O–H groups in total. The van der Waals surface area contributed by atoms with Crippen molar-refractivity contribution >= 4 is 22.8 Å². The third kappa shape index (κ3) is 4.68. The molecule has 1 atom stereocenters. The summed E-state index contributed by atoms with van der Waals surface area (Å²) in [6.07, 6.45) is 5.62. The van der Waals surface area contributed by atoms with E-state index in [1.807, 2.05) is 48.0 Å². The zero-order valence-corrected chi connectivity index (χ0v) is 16.8. The number of rotatable bonds is 8. The minimum atomic E-state index is -0.441. The van der Waals surface area contributed by atoms with Crippen LogP contribution in [0.25, 0.3) is 16.7 Å². The van der Waals surface area contributed by atoms with Crippen LogP contribution < -0.4 is 5.32 Å². The summed E-state index contributed by atoms with van der Waals surface area (Å²) >= 11 is 0. The summed E-state index contributed by atoms with van der Waals surface area (Å²) in [6.45, 7) is 6.69. The van der Waals surface area contributed by atoms with Crippen LogP contribution in [0.1, 0.15) is 45.2 Å². The molecule has 0 aliphatic rings. The van der Waals surface area contributed by atoms with E-state index in [1.54, 1.807) is 6.20 Å². The van der Waals surface area contributed by atoms with Gasteiger partial charge in [0.25, 0.3) is 0 Å². The molecule has 3 aromatic rings. The maximum atomic E-state index is 12.2. The van der Waals surface area contributed by atoms with Crippen molar-refractivity contribution in [2.45, 2.75) is 46.5 Å². The van der Waals surface area contributed by atoms with Gasteiger partial charge in [-0.2, -0.15) is 5.10 Å². The van der Waals surface area contributed by atoms with Crippen LogP contribution in [0.4, 0.5) is 10.5 Å². The highest BCUT2D eigenvalue weighted by Crippen LogP contribution is 2.23.